The molecule has 10 heteroatoms. The van der Waals surface area contributed by atoms with Gasteiger partial charge in [-0.2, -0.15) is 13.2 Å². The summed E-state index contributed by atoms with van der Waals surface area (Å²) in [5.41, 5.74) is 3.86. The lowest BCUT2D eigenvalue weighted by atomic mass is 10.0. The third-order valence-corrected chi connectivity index (χ3v) is 4.40. The molecule has 1 aromatic rings. The number of nitro benzene ring substituents is 1. The normalized spacial score (nSPS) is 17.8. The molecule has 0 bridgehead atoms. The number of carbonyl (C=O) groups excluding carboxylic acids is 1. The maximum atomic E-state index is 12.7. The number of nitrogens with two attached hydrogens (primary N) is 1. The molecular formula is C16H21F3N4O3. The van der Waals surface area contributed by atoms with Gasteiger partial charge in [-0.3, -0.25) is 14.9 Å². The smallest absolute Gasteiger partial charge is 0.379 e. The number of hydrogen-bond donors (Lipinski definition) is 2. The Bertz CT molecular complexity index is 667. The largest absolute Gasteiger partial charge is 0.416 e. The Labute approximate surface area is 148 Å². The molecule has 1 aliphatic rings. The molecule has 1 fully saturated rings. The predicted octanol–water partition coefficient (Wildman–Crippen LogP) is 2.76. The third-order valence-electron chi connectivity index (χ3n) is 4.40. The van der Waals surface area contributed by atoms with Gasteiger partial charge in [0.1, 0.15) is 5.69 Å². The van der Waals surface area contributed by atoms with Crippen LogP contribution in [0.3, 0.4) is 0 Å². The second-order valence-electron chi connectivity index (χ2n) is 6.14. The van der Waals surface area contributed by atoms with Gasteiger partial charge in [-0.25, -0.2) is 0 Å². The lowest BCUT2D eigenvalue weighted by Gasteiger charge is -2.35. The summed E-state index contributed by atoms with van der Waals surface area (Å²) in [7, 11) is 0. The minimum Gasteiger partial charge on any atom is -0.379 e. The van der Waals surface area contributed by atoms with Crippen molar-refractivity contribution in [1.82, 2.24) is 4.90 Å². The van der Waals surface area contributed by atoms with E-state index in [1.807, 2.05) is 0 Å². The number of benzene rings is 1. The quantitative estimate of drug-likeness (QED) is 0.589. The third kappa shape index (κ3) is 4.84. The van der Waals surface area contributed by atoms with Crippen LogP contribution >= 0.6 is 0 Å². The van der Waals surface area contributed by atoms with E-state index in [-0.39, 0.29) is 30.6 Å². The summed E-state index contributed by atoms with van der Waals surface area (Å²) in [4.78, 5) is 24.2. The maximum absolute atomic E-state index is 12.7. The molecule has 3 N–H and O–H groups in total. The van der Waals surface area contributed by atoms with Crippen molar-refractivity contribution in [3.63, 3.8) is 0 Å². The predicted molar refractivity (Wildman–Crippen MR) is 89.6 cm³/mol. The number of nitro groups is 1. The van der Waals surface area contributed by atoms with Gasteiger partial charge >= 0.3 is 6.18 Å². The Balaban J connectivity index is 2.00. The second-order valence-corrected chi connectivity index (χ2v) is 6.14. The lowest BCUT2D eigenvalue weighted by Crippen LogP contribution is -2.47. The number of carbonyl (C=O) groups is 1. The van der Waals surface area contributed by atoms with Gasteiger partial charge in [0.15, 0.2) is 0 Å². The van der Waals surface area contributed by atoms with E-state index in [4.69, 9.17) is 5.73 Å². The first-order chi connectivity index (χ1) is 12.2. The minimum absolute atomic E-state index is 0.00310. The summed E-state index contributed by atoms with van der Waals surface area (Å²) in [6.07, 6.45) is -1.82. The Morgan fingerprint density at radius 1 is 1.38 bits per heavy atom. The van der Waals surface area contributed by atoms with E-state index in [9.17, 15) is 28.1 Å². The molecule has 0 aliphatic carbocycles. The standard InChI is InChI=1S/C16H21F3N4O3/c17-16(18,19)11-4-5-13(14(9-11)23(25)26)21-7-6-15(24)22-8-2-1-3-12(22)10-20/h4-5,9,12,21H,1-3,6-8,10,20H2. The summed E-state index contributed by atoms with van der Waals surface area (Å²) in [5, 5.41) is 13.7. The first-order valence-corrected chi connectivity index (χ1v) is 8.33. The average Bonchev–Trinajstić information content (AvgIpc) is 2.60. The first kappa shape index (κ1) is 20.0. The zero-order valence-electron chi connectivity index (χ0n) is 14.1. The van der Waals surface area contributed by atoms with Crippen LogP contribution in [0.1, 0.15) is 31.2 Å². The zero-order valence-corrected chi connectivity index (χ0v) is 14.1. The SMILES string of the molecule is NCC1CCCCN1C(=O)CCNc1ccc(C(F)(F)F)cc1[N+](=O)[O-]. The van der Waals surface area contributed by atoms with Gasteiger partial charge in [-0.15, -0.1) is 0 Å². The van der Waals surface area contributed by atoms with E-state index >= 15 is 0 Å². The van der Waals surface area contributed by atoms with Crippen LogP contribution in [0.2, 0.25) is 0 Å². The summed E-state index contributed by atoms with van der Waals surface area (Å²) in [6, 6.07) is 2.26. The molecular weight excluding hydrogens is 353 g/mol. The van der Waals surface area contributed by atoms with Crippen LogP contribution in [0.5, 0.6) is 0 Å². The molecule has 1 saturated heterocycles. The van der Waals surface area contributed by atoms with Crippen molar-refractivity contribution in [3.8, 4) is 0 Å². The van der Waals surface area contributed by atoms with Crippen LogP contribution in [0.4, 0.5) is 24.5 Å². The highest BCUT2D eigenvalue weighted by Crippen LogP contribution is 2.34. The molecule has 1 aromatic carbocycles. The molecule has 1 atom stereocenters. The number of nitrogens with zero attached hydrogens (tertiary/aromatic N) is 2. The number of likely N-dealkylation sites (tertiary alicyclic amines) is 1. The van der Waals surface area contributed by atoms with Crippen LogP contribution in [-0.2, 0) is 11.0 Å². The molecule has 0 saturated carbocycles. The highest BCUT2D eigenvalue weighted by Gasteiger charge is 2.33. The fourth-order valence-corrected chi connectivity index (χ4v) is 3.03. The van der Waals surface area contributed by atoms with Gasteiger partial charge in [-0.1, -0.05) is 0 Å². The van der Waals surface area contributed by atoms with Crippen molar-refractivity contribution in [2.75, 3.05) is 25.0 Å². The number of piperidine rings is 1. The molecule has 2 rings (SSSR count). The lowest BCUT2D eigenvalue weighted by molar-refractivity contribution is -0.384. The van der Waals surface area contributed by atoms with E-state index in [1.165, 1.54) is 0 Å². The highest BCUT2D eigenvalue weighted by atomic mass is 19.4. The molecule has 1 unspecified atom stereocenters. The van der Waals surface area contributed by atoms with Crippen molar-refractivity contribution in [1.29, 1.82) is 0 Å². The Morgan fingerprint density at radius 3 is 2.73 bits per heavy atom. The number of nitrogens with one attached hydrogen (secondary N) is 1. The van der Waals surface area contributed by atoms with Crippen LogP contribution in [0.25, 0.3) is 0 Å². The van der Waals surface area contributed by atoms with Crippen molar-refractivity contribution in [2.45, 2.75) is 37.9 Å². The number of anilines is 1. The van der Waals surface area contributed by atoms with Gasteiger partial charge in [0.2, 0.25) is 5.91 Å². The fraction of sp³-hybridized carbons (Fsp3) is 0.562. The van der Waals surface area contributed by atoms with Crippen LogP contribution in [0.15, 0.2) is 18.2 Å². The van der Waals surface area contributed by atoms with Gasteiger partial charge in [0, 0.05) is 38.2 Å². The molecule has 1 aliphatic heterocycles. The van der Waals surface area contributed by atoms with Crippen LogP contribution < -0.4 is 11.1 Å². The van der Waals surface area contributed by atoms with Crippen molar-refractivity contribution >= 4 is 17.3 Å². The van der Waals surface area contributed by atoms with Gasteiger partial charge in [0.25, 0.3) is 5.69 Å². The van der Waals surface area contributed by atoms with Crippen molar-refractivity contribution in [2.24, 2.45) is 5.73 Å². The monoisotopic (exact) mass is 374 g/mol. The van der Waals surface area contributed by atoms with Gasteiger partial charge in [-0.05, 0) is 31.4 Å². The topological polar surface area (TPSA) is 102 Å². The molecule has 0 aromatic heterocycles. The Kier molecular flexibility index (Phi) is 6.41. The van der Waals surface area contributed by atoms with Crippen molar-refractivity contribution in [3.05, 3.63) is 33.9 Å². The number of hydrogen-bond acceptors (Lipinski definition) is 5. The van der Waals surface area contributed by atoms with E-state index in [2.05, 4.69) is 5.32 Å². The summed E-state index contributed by atoms with van der Waals surface area (Å²) < 4.78 is 38.1. The van der Waals surface area contributed by atoms with E-state index in [0.717, 1.165) is 31.4 Å². The molecule has 1 amide bonds. The number of alkyl halides is 3. The first-order valence-electron chi connectivity index (χ1n) is 8.33. The van der Waals surface area contributed by atoms with E-state index in [1.54, 1.807) is 4.90 Å². The fourth-order valence-electron chi connectivity index (χ4n) is 3.03. The van der Waals surface area contributed by atoms with E-state index < -0.39 is 22.4 Å². The van der Waals surface area contributed by atoms with Crippen LogP contribution in [0, 0.1) is 10.1 Å². The van der Waals surface area contributed by atoms with Crippen molar-refractivity contribution < 1.29 is 22.9 Å². The Morgan fingerprint density at radius 2 is 2.12 bits per heavy atom. The molecule has 0 radical (unpaired) electrons. The van der Waals surface area contributed by atoms with Gasteiger partial charge < -0.3 is 16.0 Å². The number of halogens is 3. The highest BCUT2D eigenvalue weighted by molar-refractivity contribution is 5.77. The Hall–Kier alpha value is -2.36. The molecule has 26 heavy (non-hydrogen) atoms. The van der Waals surface area contributed by atoms with Gasteiger partial charge in [0.05, 0.1) is 10.5 Å². The number of rotatable bonds is 6. The molecule has 7 nitrogen and oxygen atoms in total. The molecule has 1 heterocycles. The molecule has 0 spiro atoms. The summed E-state index contributed by atoms with van der Waals surface area (Å²) >= 11 is 0. The summed E-state index contributed by atoms with van der Waals surface area (Å²) in [5.74, 6) is -0.123. The number of amides is 1. The maximum Gasteiger partial charge on any atom is 0.416 e. The zero-order chi connectivity index (χ0) is 19.3. The second kappa shape index (κ2) is 8.35. The summed E-state index contributed by atoms with van der Waals surface area (Å²) in [6.45, 7) is 1.09. The minimum atomic E-state index is -4.66. The molecule has 144 valence electrons. The van der Waals surface area contributed by atoms with Crippen LogP contribution in [-0.4, -0.2) is 41.4 Å². The van der Waals surface area contributed by atoms with E-state index in [0.29, 0.717) is 19.2 Å². The average molecular weight is 374 g/mol.